The standard InChI is InChI=1S/C12H15N3O3/c13-7-9-6-8(3-4-14-9)11(16)15-5-1-2-10(15)12(17)18/h3-4,6,10H,1-2,5,7,13H2,(H,17,18)/t10-/m0/s1. The van der Waals surface area contributed by atoms with Crippen LogP contribution >= 0.6 is 0 Å². The van der Waals surface area contributed by atoms with E-state index in [1.165, 1.54) is 11.1 Å². The number of amides is 1. The van der Waals surface area contributed by atoms with Crippen LogP contribution in [0.25, 0.3) is 0 Å². The maximum absolute atomic E-state index is 12.2. The zero-order valence-corrected chi connectivity index (χ0v) is 9.87. The van der Waals surface area contributed by atoms with Crippen LogP contribution in [0.3, 0.4) is 0 Å². The molecule has 6 heteroatoms. The molecule has 0 bridgehead atoms. The fourth-order valence-corrected chi connectivity index (χ4v) is 2.16. The first-order valence-corrected chi connectivity index (χ1v) is 5.82. The van der Waals surface area contributed by atoms with Crippen molar-refractivity contribution in [3.63, 3.8) is 0 Å². The number of nitrogens with two attached hydrogens (primary N) is 1. The van der Waals surface area contributed by atoms with Gasteiger partial charge in [-0.3, -0.25) is 9.78 Å². The molecule has 2 rings (SSSR count). The van der Waals surface area contributed by atoms with E-state index in [0.29, 0.717) is 24.2 Å². The number of carboxylic acids is 1. The van der Waals surface area contributed by atoms with E-state index in [4.69, 9.17) is 10.8 Å². The Labute approximate surface area is 104 Å². The van der Waals surface area contributed by atoms with Crippen molar-refractivity contribution in [1.82, 2.24) is 9.88 Å². The van der Waals surface area contributed by atoms with Crippen molar-refractivity contribution in [2.24, 2.45) is 5.73 Å². The number of pyridine rings is 1. The summed E-state index contributed by atoms with van der Waals surface area (Å²) in [4.78, 5) is 28.7. The molecule has 1 amide bonds. The topological polar surface area (TPSA) is 96.5 Å². The number of nitrogens with zero attached hydrogens (tertiary/aromatic N) is 2. The van der Waals surface area contributed by atoms with Crippen LogP contribution in [0.1, 0.15) is 28.9 Å². The normalized spacial score (nSPS) is 18.9. The molecule has 1 aromatic rings. The number of aromatic nitrogens is 1. The number of aliphatic carboxylic acids is 1. The lowest BCUT2D eigenvalue weighted by Crippen LogP contribution is -2.40. The van der Waals surface area contributed by atoms with Gasteiger partial charge in [-0.1, -0.05) is 0 Å². The molecule has 0 unspecified atom stereocenters. The molecule has 1 fully saturated rings. The summed E-state index contributed by atoms with van der Waals surface area (Å²) >= 11 is 0. The number of carboxylic acid groups (broad SMARTS) is 1. The van der Waals surface area contributed by atoms with Crippen molar-refractivity contribution in [2.45, 2.75) is 25.4 Å². The van der Waals surface area contributed by atoms with Crippen LogP contribution in [0.5, 0.6) is 0 Å². The van der Waals surface area contributed by atoms with E-state index in [1.54, 1.807) is 12.1 Å². The van der Waals surface area contributed by atoms with E-state index in [0.717, 1.165) is 6.42 Å². The van der Waals surface area contributed by atoms with Crippen molar-refractivity contribution < 1.29 is 14.7 Å². The number of carbonyl (C=O) groups is 2. The molecular formula is C12H15N3O3. The zero-order chi connectivity index (χ0) is 13.1. The molecule has 1 atom stereocenters. The molecule has 1 aliphatic heterocycles. The quantitative estimate of drug-likeness (QED) is 0.799. The molecule has 0 radical (unpaired) electrons. The van der Waals surface area contributed by atoms with Crippen LogP contribution in [0.2, 0.25) is 0 Å². The van der Waals surface area contributed by atoms with E-state index in [2.05, 4.69) is 4.98 Å². The lowest BCUT2D eigenvalue weighted by atomic mass is 10.1. The first kappa shape index (κ1) is 12.5. The Bertz CT molecular complexity index is 475. The van der Waals surface area contributed by atoms with Gasteiger partial charge in [-0.25, -0.2) is 4.79 Å². The summed E-state index contributed by atoms with van der Waals surface area (Å²) < 4.78 is 0. The molecule has 0 aromatic carbocycles. The van der Waals surface area contributed by atoms with E-state index in [1.807, 2.05) is 0 Å². The Morgan fingerprint density at radius 3 is 3.00 bits per heavy atom. The molecular weight excluding hydrogens is 234 g/mol. The van der Waals surface area contributed by atoms with Crippen LogP contribution in [-0.4, -0.2) is 39.5 Å². The summed E-state index contributed by atoms with van der Waals surface area (Å²) in [6.45, 7) is 0.736. The van der Waals surface area contributed by atoms with Gasteiger partial charge in [0.05, 0.1) is 5.69 Å². The van der Waals surface area contributed by atoms with Crippen molar-refractivity contribution in [2.75, 3.05) is 6.54 Å². The SMILES string of the molecule is NCc1cc(C(=O)N2CCC[C@H]2C(=O)O)ccn1. The minimum absolute atomic E-state index is 0.253. The summed E-state index contributed by atoms with van der Waals surface area (Å²) in [7, 11) is 0. The molecule has 0 aliphatic carbocycles. The van der Waals surface area contributed by atoms with E-state index >= 15 is 0 Å². The second-order valence-corrected chi connectivity index (χ2v) is 4.23. The average molecular weight is 249 g/mol. The maximum Gasteiger partial charge on any atom is 0.326 e. The van der Waals surface area contributed by atoms with Crippen LogP contribution in [-0.2, 0) is 11.3 Å². The average Bonchev–Trinajstić information content (AvgIpc) is 2.87. The highest BCUT2D eigenvalue weighted by molar-refractivity contribution is 5.96. The van der Waals surface area contributed by atoms with Crippen LogP contribution in [0.15, 0.2) is 18.3 Å². The Morgan fingerprint density at radius 1 is 1.56 bits per heavy atom. The van der Waals surface area contributed by atoms with Gasteiger partial charge in [0, 0.05) is 24.8 Å². The summed E-state index contributed by atoms with van der Waals surface area (Å²) in [5, 5.41) is 9.05. The van der Waals surface area contributed by atoms with Crippen molar-refractivity contribution in [3.05, 3.63) is 29.6 Å². The Kier molecular flexibility index (Phi) is 3.57. The van der Waals surface area contributed by atoms with E-state index < -0.39 is 12.0 Å². The molecule has 1 saturated heterocycles. The molecule has 1 aromatic heterocycles. The Hall–Kier alpha value is -1.95. The summed E-state index contributed by atoms with van der Waals surface area (Å²) in [5.74, 6) is -1.22. The van der Waals surface area contributed by atoms with E-state index in [9.17, 15) is 9.59 Å². The van der Waals surface area contributed by atoms with Crippen LogP contribution in [0.4, 0.5) is 0 Å². The highest BCUT2D eigenvalue weighted by atomic mass is 16.4. The molecule has 6 nitrogen and oxygen atoms in total. The molecule has 3 N–H and O–H groups in total. The fourth-order valence-electron chi connectivity index (χ4n) is 2.16. The van der Waals surface area contributed by atoms with Gasteiger partial charge in [-0.15, -0.1) is 0 Å². The van der Waals surface area contributed by atoms with Gasteiger partial charge >= 0.3 is 5.97 Å². The Balaban J connectivity index is 2.22. The molecule has 18 heavy (non-hydrogen) atoms. The smallest absolute Gasteiger partial charge is 0.326 e. The minimum Gasteiger partial charge on any atom is -0.480 e. The highest BCUT2D eigenvalue weighted by Crippen LogP contribution is 2.20. The fraction of sp³-hybridized carbons (Fsp3) is 0.417. The lowest BCUT2D eigenvalue weighted by Gasteiger charge is -2.21. The minimum atomic E-state index is -0.950. The largest absolute Gasteiger partial charge is 0.480 e. The van der Waals surface area contributed by atoms with E-state index in [-0.39, 0.29) is 12.5 Å². The third-order valence-electron chi connectivity index (χ3n) is 3.07. The number of hydrogen-bond acceptors (Lipinski definition) is 4. The number of rotatable bonds is 3. The van der Waals surface area contributed by atoms with Gasteiger partial charge in [-0.05, 0) is 25.0 Å². The van der Waals surface area contributed by atoms with Gasteiger partial charge in [0.15, 0.2) is 0 Å². The molecule has 0 spiro atoms. The zero-order valence-electron chi connectivity index (χ0n) is 9.87. The number of likely N-dealkylation sites (tertiary alicyclic amines) is 1. The van der Waals surface area contributed by atoms with Crippen LogP contribution in [0, 0.1) is 0 Å². The van der Waals surface area contributed by atoms with Gasteiger partial charge < -0.3 is 15.7 Å². The van der Waals surface area contributed by atoms with Crippen molar-refractivity contribution in [3.8, 4) is 0 Å². The van der Waals surface area contributed by atoms with Crippen molar-refractivity contribution in [1.29, 1.82) is 0 Å². The third-order valence-corrected chi connectivity index (χ3v) is 3.07. The Morgan fingerprint density at radius 2 is 2.33 bits per heavy atom. The maximum atomic E-state index is 12.2. The second kappa shape index (κ2) is 5.14. The molecule has 1 aliphatic rings. The first-order chi connectivity index (χ1) is 8.63. The van der Waals surface area contributed by atoms with Crippen molar-refractivity contribution >= 4 is 11.9 Å². The van der Waals surface area contributed by atoms with Gasteiger partial charge in [-0.2, -0.15) is 0 Å². The summed E-state index contributed by atoms with van der Waals surface area (Å²) in [6, 6.07) is 2.48. The summed E-state index contributed by atoms with van der Waals surface area (Å²) in [6.07, 6.45) is 2.74. The predicted molar refractivity (Wildman–Crippen MR) is 63.8 cm³/mol. The molecule has 2 heterocycles. The van der Waals surface area contributed by atoms with Crippen LogP contribution < -0.4 is 5.73 Å². The second-order valence-electron chi connectivity index (χ2n) is 4.23. The predicted octanol–water partition coefficient (Wildman–Crippen LogP) is 0.229. The monoisotopic (exact) mass is 249 g/mol. The van der Waals surface area contributed by atoms with Gasteiger partial charge in [0.1, 0.15) is 6.04 Å². The van der Waals surface area contributed by atoms with Gasteiger partial charge in [0.2, 0.25) is 0 Å². The number of hydrogen-bond donors (Lipinski definition) is 2. The number of carbonyl (C=O) groups excluding carboxylic acids is 1. The third kappa shape index (κ3) is 2.33. The molecule has 0 saturated carbocycles. The highest BCUT2D eigenvalue weighted by Gasteiger charge is 2.34. The van der Waals surface area contributed by atoms with Gasteiger partial charge in [0.25, 0.3) is 5.91 Å². The summed E-state index contributed by atoms with van der Waals surface area (Å²) in [5.41, 5.74) is 6.53. The molecule has 96 valence electrons. The lowest BCUT2D eigenvalue weighted by molar-refractivity contribution is -0.141. The first-order valence-electron chi connectivity index (χ1n) is 5.82.